The lowest BCUT2D eigenvalue weighted by atomic mass is 10.3. The number of halogens is 2. The van der Waals surface area contributed by atoms with Gasteiger partial charge in [-0.2, -0.15) is 5.26 Å². The van der Waals surface area contributed by atoms with Gasteiger partial charge >= 0.3 is 0 Å². The molecule has 1 N–H and O–H groups in total. The van der Waals surface area contributed by atoms with Crippen molar-refractivity contribution in [2.24, 2.45) is 0 Å². The first-order valence-corrected chi connectivity index (χ1v) is 5.29. The zero-order chi connectivity index (χ0) is 9.14. The second-order valence-corrected chi connectivity index (χ2v) is 4.50. The van der Waals surface area contributed by atoms with Gasteiger partial charge in [0.2, 0.25) is 0 Å². The molecule has 0 fully saturated rings. The molecule has 0 aromatic heterocycles. The molecule has 0 spiro atoms. The minimum Gasteiger partial charge on any atom is -0.506 e. The number of nitriles is 1. The molecule has 1 aromatic rings. The van der Waals surface area contributed by atoms with Crippen molar-refractivity contribution in [2.75, 3.05) is 0 Å². The molecule has 0 aliphatic heterocycles. The molecule has 1 rings (SSSR count). The van der Waals surface area contributed by atoms with E-state index >= 15 is 0 Å². The third kappa shape index (κ3) is 2.16. The topological polar surface area (TPSA) is 44.0 Å². The summed E-state index contributed by atoms with van der Waals surface area (Å²) in [5.41, 5.74) is 0. The van der Waals surface area contributed by atoms with Gasteiger partial charge in [0.1, 0.15) is 11.2 Å². The van der Waals surface area contributed by atoms with Gasteiger partial charge in [-0.05, 0) is 55.8 Å². The van der Waals surface area contributed by atoms with Crippen molar-refractivity contribution in [3.05, 3.63) is 21.1 Å². The Hall–Kier alpha value is -0.180. The molecule has 0 atom stereocenters. The Kier molecular flexibility index (Phi) is 3.44. The fourth-order valence-corrected chi connectivity index (χ4v) is 2.60. The summed E-state index contributed by atoms with van der Waals surface area (Å²) in [6.07, 6.45) is 0. The first kappa shape index (κ1) is 9.90. The van der Waals surface area contributed by atoms with E-state index in [2.05, 4.69) is 31.9 Å². The highest BCUT2D eigenvalue weighted by Gasteiger charge is 2.05. The van der Waals surface area contributed by atoms with Crippen LogP contribution in [0.2, 0.25) is 0 Å². The second-order valence-electron chi connectivity index (χ2n) is 1.93. The minimum atomic E-state index is 0.150. The number of rotatable bonds is 1. The molecule has 1 aromatic carbocycles. The predicted molar refractivity (Wildman–Crippen MR) is 55.0 cm³/mol. The molecule has 5 heteroatoms. The molecule has 62 valence electrons. The highest BCUT2D eigenvalue weighted by atomic mass is 79.9. The number of thioether (sulfide) groups is 1. The zero-order valence-corrected chi connectivity index (χ0v) is 9.70. The second kappa shape index (κ2) is 4.17. The molecule has 0 unspecified atom stereocenters. The van der Waals surface area contributed by atoms with E-state index < -0.39 is 0 Å². The average molecular weight is 309 g/mol. The maximum Gasteiger partial charge on any atom is 0.144 e. The van der Waals surface area contributed by atoms with Gasteiger partial charge in [-0.3, -0.25) is 0 Å². The Bertz CT molecular complexity index is 325. The van der Waals surface area contributed by atoms with Crippen LogP contribution in [0.1, 0.15) is 0 Å². The number of phenolic OH excluding ortho intramolecular Hbond substituents is 1. The third-order valence-corrected chi connectivity index (χ3v) is 2.93. The van der Waals surface area contributed by atoms with E-state index in [0.717, 1.165) is 16.7 Å². The highest BCUT2D eigenvalue weighted by molar-refractivity contribution is 9.11. The molecule has 0 saturated heterocycles. The van der Waals surface area contributed by atoms with E-state index in [4.69, 9.17) is 5.26 Å². The van der Waals surface area contributed by atoms with Crippen LogP contribution in [-0.2, 0) is 0 Å². The van der Waals surface area contributed by atoms with Crippen molar-refractivity contribution in [1.29, 1.82) is 5.26 Å². The number of benzene rings is 1. The largest absolute Gasteiger partial charge is 0.506 e. The molecule has 0 radical (unpaired) electrons. The van der Waals surface area contributed by atoms with Crippen LogP contribution in [0.5, 0.6) is 5.75 Å². The lowest BCUT2D eigenvalue weighted by molar-refractivity contribution is 0.468. The summed E-state index contributed by atoms with van der Waals surface area (Å²) in [6.45, 7) is 0. The number of hydrogen-bond donors (Lipinski definition) is 1. The van der Waals surface area contributed by atoms with Crippen LogP contribution < -0.4 is 0 Å². The number of hydrogen-bond acceptors (Lipinski definition) is 3. The quantitative estimate of drug-likeness (QED) is 0.638. The van der Waals surface area contributed by atoms with Gasteiger partial charge in [-0.25, -0.2) is 0 Å². The maximum atomic E-state index is 9.31. The summed E-state index contributed by atoms with van der Waals surface area (Å²) in [6, 6.07) is 3.38. The molecular formula is C7H3Br2NOS. The van der Waals surface area contributed by atoms with Crippen molar-refractivity contribution in [2.45, 2.75) is 4.90 Å². The summed E-state index contributed by atoms with van der Waals surface area (Å²) >= 11 is 7.37. The Balaban J connectivity index is 3.14. The van der Waals surface area contributed by atoms with E-state index in [1.165, 1.54) is 0 Å². The molecule has 0 aliphatic carbocycles. The molecular weight excluding hydrogens is 306 g/mol. The Labute approximate surface area is 90.8 Å². The van der Waals surface area contributed by atoms with Gasteiger partial charge in [-0.1, -0.05) is 0 Å². The van der Waals surface area contributed by atoms with Crippen molar-refractivity contribution >= 4 is 43.6 Å². The van der Waals surface area contributed by atoms with Gasteiger partial charge in [0, 0.05) is 4.90 Å². The molecule has 0 heterocycles. The van der Waals surface area contributed by atoms with E-state index in [1.54, 1.807) is 12.1 Å². The molecule has 0 saturated carbocycles. The normalized spacial score (nSPS) is 9.42. The molecule has 0 aliphatic rings. The van der Waals surface area contributed by atoms with Crippen LogP contribution in [-0.4, -0.2) is 5.11 Å². The SMILES string of the molecule is N#CSc1cc(Br)c(O)c(Br)c1. The summed E-state index contributed by atoms with van der Waals surface area (Å²) in [4.78, 5) is 0.786. The standard InChI is InChI=1S/C7H3Br2NOS/c8-5-1-4(12-3-10)2-6(9)7(5)11/h1-2,11H. The molecule has 12 heavy (non-hydrogen) atoms. The van der Waals surface area contributed by atoms with Gasteiger partial charge in [0.15, 0.2) is 0 Å². The summed E-state index contributed by atoms with van der Waals surface area (Å²) in [7, 11) is 0. The fourth-order valence-electron chi connectivity index (χ4n) is 0.654. The smallest absolute Gasteiger partial charge is 0.144 e. The number of phenols is 1. The van der Waals surface area contributed by atoms with Crippen LogP contribution in [0, 0.1) is 10.7 Å². The Morgan fingerprint density at radius 3 is 2.25 bits per heavy atom. The average Bonchev–Trinajstić information content (AvgIpc) is 2.01. The van der Waals surface area contributed by atoms with Gasteiger partial charge in [0.25, 0.3) is 0 Å². The van der Waals surface area contributed by atoms with Crippen LogP contribution >= 0.6 is 43.6 Å². The summed E-state index contributed by atoms with van der Waals surface area (Å²) in [5, 5.41) is 19.7. The van der Waals surface area contributed by atoms with E-state index in [0.29, 0.717) is 8.95 Å². The molecule has 2 nitrogen and oxygen atoms in total. The van der Waals surface area contributed by atoms with E-state index in [1.807, 2.05) is 5.40 Å². The molecule has 0 amide bonds. The summed E-state index contributed by atoms with van der Waals surface area (Å²) in [5.74, 6) is 0.150. The Morgan fingerprint density at radius 1 is 1.33 bits per heavy atom. The number of thiocyanates is 1. The Morgan fingerprint density at radius 2 is 1.83 bits per heavy atom. The molecule has 0 bridgehead atoms. The van der Waals surface area contributed by atoms with Gasteiger partial charge in [-0.15, -0.1) is 0 Å². The highest BCUT2D eigenvalue weighted by Crippen LogP contribution is 2.36. The fraction of sp³-hybridized carbons (Fsp3) is 0. The third-order valence-electron chi connectivity index (χ3n) is 1.15. The van der Waals surface area contributed by atoms with E-state index in [-0.39, 0.29) is 5.75 Å². The van der Waals surface area contributed by atoms with Gasteiger partial charge < -0.3 is 5.11 Å². The van der Waals surface area contributed by atoms with Gasteiger partial charge in [0.05, 0.1) is 8.95 Å². The van der Waals surface area contributed by atoms with Crippen LogP contribution in [0.3, 0.4) is 0 Å². The van der Waals surface area contributed by atoms with Crippen LogP contribution in [0.15, 0.2) is 26.0 Å². The van der Waals surface area contributed by atoms with Crippen molar-refractivity contribution < 1.29 is 5.11 Å². The van der Waals surface area contributed by atoms with Crippen LogP contribution in [0.25, 0.3) is 0 Å². The lowest BCUT2D eigenvalue weighted by Crippen LogP contribution is -1.74. The number of aromatic hydroxyl groups is 1. The lowest BCUT2D eigenvalue weighted by Gasteiger charge is -2.01. The first-order chi connectivity index (χ1) is 5.65. The first-order valence-electron chi connectivity index (χ1n) is 2.89. The predicted octanol–water partition coefficient (Wildman–Crippen LogP) is 3.49. The maximum absolute atomic E-state index is 9.31. The zero-order valence-electron chi connectivity index (χ0n) is 5.71. The van der Waals surface area contributed by atoms with Crippen molar-refractivity contribution in [1.82, 2.24) is 0 Å². The number of nitrogens with zero attached hydrogens (tertiary/aromatic N) is 1. The van der Waals surface area contributed by atoms with Crippen LogP contribution in [0.4, 0.5) is 0 Å². The minimum absolute atomic E-state index is 0.150. The monoisotopic (exact) mass is 307 g/mol. The van der Waals surface area contributed by atoms with E-state index in [9.17, 15) is 5.11 Å². The summed E-state index contributed by atoms with van der Waals surface area (Å²) < 4.78 is 1.16. The van der Waals surface area contributed by atoms with Crippen molar-refractivity contribution in [3.63, 3.8) is 0 Å². The van der Waals surface area contributed by atoms with Crippen molar-refractivity contribution in [3.8, 4) is 11.2 Å².